The van der Waals surface area contributed by atoms with Crippen molar-refractivity contribution in [2.24, 2.45) is 11.8 Å². The lowest BCUT2D eigenvalue weighted by atomic mass is 9.95. The van der Waals surface area contributed by atoms with E-state index in [9.17, 15) is 9.59 Å². The standard InChI is InChI=1S/C13H23NO3/c1-2-3-4-5-9-14-12(15)10-7-6-8-11(10)13(16)17/h10-11H,2-9H2,1H3,(H,14,15)(H,16,17). The molecule has 0 saturated heterocycles. The Hall–Kier alpha value is -1.06. The third-order valence-corrected chi connectivity index (χ3v) is 3.50. The van der Waals surface area contributed by atoms with Gasteiger partial charge in [0.1, 0.15) is 0 Å². The van der Waals surface area contributed by atoms with Crippen LogP contribution in [-0.2, 0) is 9.59 Å². The third-order valence-electron chi connectivity index (χ3n) is 3.50. The Morgan fingerprint density at radius 1 is 1.18 bits per heavy atom. The van der Waals surface area contributed by atoms with Gasteiger partial charge in [-0.1, -0.05) is 32.6 Å². The van der Waals surface area contributed by atoms with Crippen molar-refractivity contribution in [3.8, 4) is 0 Å². The van der Waals surface area contributed by atoms with E-state index in [1.807, 2.05) is 0 Å². The molecule has 1 saturated carbocycles. The van der Waals surface area contributed by atoms with Crippen molar-refractivity contribution in [2.75, 3.05) is 6.54 Å². The summed E-state index contributed by atoms with van der Waals surface area (Å²) in [5.41, 5.74) is 0. The molecule has 0 heterocycles. The number of carboxylic acid groups (broad SMARTS) is 1. The van der Waals surface area contributed by atoms with E-state index >= 15 is 0 Å². The van der Waals surface area contributed by atoms with Crippen molar-refractivity contribution < 1.29 is 14.7 Å². The van der Waals surface area contributed by atoms with Gasteiger partial charge in [-0.15, -0.1) is 0 Å². The number of amides is 1. The number of carbonyl (C=O) groups excluding carboxylic acids is 1. The Balaban J connectivity index is 2.25. The van der Waals surface area contributed by atoms with E-state index in [1.54, 1.807) is 0 Å². The van der Waals surface area contributed by atoms with Crippen LogP contribution >= 0.6 is 0 Å². The summed E-state index contributed by atoms with van der Waals surface area (Å²) in [5.74, 6) is -1.66. The molecule has 0 aromatic carbocycles. The minimum absolute atomic E-state index is 0.0635. The molecule has 4 nitrogen and oxygen atoms in total. The number of carboxylic acids is 1. The largest absolute Gasteiger partial charge is 0.481 e. The average Bonchev–Trinajstić information content (AvgIpc) is 2.77. The number of nitrogens with one attached hydrogen (secondary N) is 1. The maximum atomic E-state index is 11.8. The number of unbranched alkanes of at least 4 members (excludes halogenated alkanes) is 3. The second-order valence-corrected chi connectivity index (χ2v) is 4.83. The number of hydrogen-bond acceptors (Lipinski definition) is 2. The second-order valence-electron chi connectivity index (χ2n) is 4.83. The van der Waals surface area contributed by atoms with E-state index in [4.69, 9.17) is 5.11 Å². The van der Waals surface area contributed by atoms with Gasteiger partial charge in [0.2, 0.25) is 5.91 Å². The molecule has 0 aromatic rings. The molecule has 0 aromatic heterocycles. The van der Waals surface area contributed by atoms with Gasteiger partial charge in [0.05, 0.1) is 11.8 Å². The lowest BCUT2D eigenvalue weighted by Gasteiger charge is -2.15. The Morgan fingerprint density at radius 2 is 1.88 bits per heavy atom. The van der Waals surface area contributed by atoms with E-state index in [0.717, 1.165) is 25.7 Å². The Kier molecular flexibility index (Phi) is 6.01. The van der Waals surface area contributed by atoms with Crippen LogP contribution in [0.3, 0.4) is 0 Å². The highest BCUT2D eigenvalue weighted by Gasteiger charge is 2.37. The number of rotatable bonds is 7. The minimum Gasteiger partial charge on any atom is -0.481 e. The van der Waals surface area contributed by atoms with Crippen LogP contribution in [0.25, 0.3) is 0 Å². The Bertz CT molecular complexity index is 265. The average molecular weight is 241 g/mol. The molecule has 98 valence electrons. The van der Waals surface area contributed by atoms with E-state index < -0.39 is 11.9 Å². The smallest absolute Gasteiger partial charge is 0.307 e. The molecule has 1 aliphatic carbocycles. The number of aliphatic carboxylic acids is 1. The first kappa shape index (κ1) is 14.0. The monoisotopic (exact) mass is 241 g/mol. The quantitative estimate of drug-likeness (QED) is 0.671. The SMILES string of the molecule is CCCCCCNC(=O)C1CCCC1C(=O)O. The zero-order valence-corrected chi connectivity index (χ0v) is 10.6. The summed E-state index contributed by atoms with van der Waals surface area (Å²) in [7, 11) is 0. The Labute approximate surface area is 103 Å². The topological polar surface area (TPSA) is 66.4 Å². The highest BCUT2D eigenvalue weighted by molar-refractivity contribution is 5.85. The van der Waals surface area contributed by atoms with Crippen LogP contribution in [0.5, 0.6) is 0 Å². The summed E-state index contributed by atoms with van der Waals surface area (Å²) in [6, 6.07) is 0. The summed E-state index contributed by atoms with van der Waals surface area (Å²) in [6.07, 6.45) is 6.70. The molecular weight excluding hydrogens is 218 g/mol. The minimum atomic E-state index is -0.825. The molecule has 1 fully saturated rings. The summed E-state index contributed by atoms with van der Waals surface area (Å²) < 4.78 is 0. The van der Waals surface area contributed by atoms with Crippen LogP contribution in [0.4, 0.5) is 0 Å². The van der Waals surface area contributed by atoms with Gasteiger partial charge in [-0.3, -0.25) is 9.59 Å². The first-order valence-corrected chi connectivity index (χ1v) is 6.67. The van der Waals surface area contributed by atoms with Crippen molar-refractivity contribution in [3.63, 3.8) is 0 Å². The summed E-state index contributed by atoms with van der Waals surface area (Å²) >= 11 is 0. The highest BCUT2D eigenvalue weighted by Crippen LogP contribution is 2.31. The van der Waals surface area contributed by atoms with E-state index in [0.29, 0.717) is 13.0 Å². The maximum absolute atomic E-state index is 11.8. The van der Waals surface area contributed by atoms with Crippen LogP contribution in [0, 0.1) is 11.8 Å². The normalized spacial score (nSPS) is 23.6. The molecule has 0 radical (unpaired) electrons. The summed E-state index contributed by atoms with van der Waals surface area (Å²) in [5, 5.41) is 11.9. The second kappa shape index (κ2) is 7.30. The molecule has 0 bridgehead atoms. The number of hydrogen-bond donors (Lipinski definition) is 2. The molecule has 2 unspecified atom stereocenters. The fraction of sp³-hybridized carbons (Fsp3) is 0.846. The molecule has 1 amide bonds. The lowest BCUT2D eigenvalue weighted by molar-refractivity contribution is -0.146. The van der Waals surface area contributed by atoms with Gasteiger partial charge in [-0.25, -0.2) is 0 Å². The molecule has 0 aliphatic heterocycles. The maximum Gasteiger partial charge on any atom is 0.307 e. The van der Waals surface area contributed by atoms with Gasteiger partial charge < -0.3 is 10.4 Å². The fourth-order valence-corrected chi connectivity index (χ4v) is 2.46. The first-order chi connectivity index (χ1) is 8.16. The van der Waals surface area contributed by atoms with Gasteiger partial charge in [-0.05, 0) is 19.3 Å². The zero-order valence-electron chi connectivity index (χ0n) is 10.6. The molecule has 2 atom stereocenters. The lowest BCUT2D eigenvalue weighted by Crippen LogP contribution is -2.35. The van der Waals surface area contributed by atoms with Crippen molar-refractivity contribution in [1.29, 1.82) is 0 Å². The van der Waals surface area contributed by atoms with Crippen molar-refractivity contribution in [3.05, 3.63) is 0 Å². The molecule has 2 N–H and O–H groups in total. The Morgan fingerprint density at radius 3 is 2.53 bits per heavy atom. The van der Waals surface area contributed by atoms with Crippen molar-refractivity contribution in [1.82, 2.24) is 5.32 Å². The summed E-state index contributed by atoms with van der Waals surface area (Å²) in [4.78, 5) is 22.8. The third kappa shape index (κ3) is 4.36. The van der Waals surface area contributed by atoms with Gasteiger partial charge in [0.15, 0.2) is 0 Å². The van der Waals surface area contributed by atoms with Gasteiger partial charge >= 0.3 is 5.97 Å². The van der Waals surface area contributed by atoms with Crippen molar-refractivity contribution >= 4 is 11.9 Å². The van der Waals surface area contributed by atoms with Crippen LogP contribution < -0.4 is 5.32 Å². The van der Waals surface area contributed by atoms with Crippen LogP contribution in [0.2, 0.25) is 0 Å². The van der Waals surface area contributed by atoms with Gasteiger partial charge in [0, 0.05) is 6.54 Å². The van der Waals surface area contributed by atoms with Crippen LogP contribution in [-0.4, -0.2) is 23.5 Å². The van der Waals surface area contributed by atoms with Crippen LogP contribution in [0.1, 0.15) is 51.9 Å². The molecule has 0 spiro atoms. The molecule has 17 heavy (non-hydrogen) atoms. The summed E-state index contributed by atoms with van der Waals surface area (Å²) in [6.45, 7) is 2.83. The highest BCUT2D eigenvalue weighted by atomic mass is 16.4. The predicted octanol–water partition coefficient (Wildman–Crippen LogP) is 2.18. The van der Waals surface area contributed by atoms with E-state index in [1.165, 1.54) is 12.8 Å². The predicted molar refractivity (Wildman–Crippen MR) is 65.6 cm³/mol. The van der Waals surface area contributed by atoms with Crippen LogP contribution in [0.15, 0.2) is 0 Å². The zero-order chi connectivity index (χ0) is 12.7. The van der Waals surface area contributed by atoms with Gasteiger partial charge in [-0.2, -0.15) is 0 Å². The molecule has 1 rings (SSSR count). The number of carbonyl (C=O) groups is 2. The van der Waals surface area contributed by atoms with E-state index in [2.05, 4.69) is 12.2 Å². The van der Waals surface area contributed by atoms with Crippen molar-refractivity contribution in [2.45, 2.75) is 51.9 Å². The fourth-order valence-electron chi connectivity index (χ4n) is 2.46. The van der Waals surface area contributed by atoms with E-state index in [-0.39, 0.29) is 11.8 Å². The first-order valence-electron chi connectivity index (χ1n) is 6.67. The molecular formula is C13H23NO3. The molecule has 1 aliphatic rings. The molecule has 4 heteroatoms. The van der Waals surface area contributed by atoms with Gasteiger partial charge in [0.25, 0.3) is 0 Å².